The lowest BCUT2D eigenvalue weighted by molar-refractivity contribution is -0.0817. The zero-order valence-corrected chi connectivity index (χ0v) is 4.49. The molecule has 0 spiro atoms. The van der Waals surface area contributed by atoms with Gasteiger partial charge in [-0.15, -0.1) is 0 Å². The summed E-state index contributed by atoms with van der Waals surface area (Å²) in [6.07, 6.45) is 0. The minimum atomic E-state index is 0.972. The van der Waals surface area contributed by atoms with E-state index < -0.39 is 0 Å². The fraction of sp³-hybridized carbons (Fsp3) is 1.00. The molecule has 0 atom stereocenters. The lowest BCUT2D eigenvalue weighted by Crippen LogP contribution is -2.23. The highest BCUT2D eigenvalue weighted by molar-refractivity contribution is 6.12. The van der Waals surface area contributed by atoms with Gasteiger partial charge >= 0.3 is 0 Å². The minimum absolute atomic E-state index is 0.972. The molecule has 0 saturated carbocycles. The van der Waals surface area contributed by atoms with Crippen molar-refractivity contribution in [2.75, 3.05) is 14.2 Å². The van der Waals surface area contributed by atoms with E-state index in [1.54, 1.807) is 7.05 Å². The van der Waals surface area contributed by atoms with Gasteiger partial charge in [0.05, 0.1) is 7.11 Å². The zero-order chi connectivity index (χ0) is 4.99. The van der Waals surface area contributed by atoms with Crippen LogP contribution in [0, 0.1) is 0 Å². The van der Waals surface area contributed by atoms with Gasteiger partial charge in [0.25, 0.3) is 0 Å². The van der Waals surface area contributed by atoms with Crippen molar-refractivity contribution in [2.45, 2.75) is 0 Å². The van der Waals surface area contributed by atoms with Crippen LogP contribution in [0.5, 0.6) is 0 Å². The highest BCUT2D eigenvalue weighted by atomic mass is 35.5. The Hall–Kier alpha value is 0.170. The van der Waals surface area contributed by atoms with Crippen LogP contribution in [0.25, 0.3) is 0 Å². The molecule has 0 heterocycles. The number of nitrogens with one attached hydrogen (secondary N) is 1. The summed E-state index contributed by atoms with van der Waals surface area (Å²) in [5, 5.41) is 0. The molecule has 1 N–H and O–H groups in total. The molecule has 38 valence electrons. The first-order valence-corrected chi connectivity index (χ1v) is 1.82. The van der Waals surface area contributed by atoms with Gasteiger partial charge in [-0.1, -0.05) is 0 Å². The van der Waals surface area contributed by atoms with Crippen molar-refractivity contribution in [1.82, 2.24) is 10.1 Å². The van der Waals surface area contributed by atoms with E-state index in [-0.39, 0.29) is 0 Å². The normalized spacial score (nSPS) is 10.0. The number of nitrogens with zero attached hydrogens (tertiary/aromatic N) is 1. The fourth-order valence-corrected chi connectivity index (χ4v) is 0.0913. The first kappa shape index (κ1) is 6.17. The summed E-state index contributed by atoms with van der Waals surface area (Å²) >= 11 is 5.15. The van der Waals surface area contributed by atoms with E-state index >= 15 is 0 Å². The maximum Gasteiger partial charge on any atom is 0.0606 e. The van der Waals surface area contributed by atoms with E-state index in [9.17, 15) is 0 Å². The first-order valence-electron chi connectivity index (χ1n) is 1.48. The van der Waals surface area contributed by atoms with Gasteiger partial charge in [0.1, 0.15) is 0 Å². The lowest BCUT2D eigenvalue weighted by atomic mass is 11.5. The monoisotopic (exact) mass is 110 g/mol. The van der Waals surface area contributed by atoms with Crippen LogP contribution in [0.4, 0.5) is 0 Å². The van der Waals surface area contributed by atoms with Gasteiger partial charge in [0.15, 0.2) is 0 Å². The molecule has 0 saturated heterocycles. The second kappa shape index (κ2) is 3.36. The summed E-state index contributed by atoms with van der Waals surface area (Å²) in [6.45, 7) is 0. The molecular formula is C2H7ClN2O. The third-order valence-corrected chi connectivity index (χ3v) is 0.643. The summed E-state index contributed by atoms with van der Waals surface area (Å²) in [6, 6.07) is 0. The first-order chi connectivity index (χ1) is 2.81. The van der Waals surface area contributed by atoms with E-state index in [2.05, 4.69) is 10.3 Å². The fourth-order valence-electron chi connectivity index (χ4n) is 0.0913. The number of hydrazine groups is 1. The largest absolute Gasteiger partial charge is 0.273 e. The summed E-state index contributed by atoms with van der Waals surface area (Å²) in [7, 11) is 3.11. The van der Waals surface area contributed by atoms with Crippen LogP contribution in [0.15, 0.2) is 0 Å². The van der Waals surface area contributed by atoms with Crippen LogP contribution >= 0.6 is 11.8 Å². The molecule has 0 aliphatic rings. The Kier molecular flexibility index (Phi) is 3.46. The van der Waals surface area contributed by atoms with E-state index in [0.29, 0.717) is 0 Å². The average molecular weight is 111 g/mol. The second-order valence-electron chi connectivity index (χ2n) is 0.651. The Bertz CT molecular complexity index is 30.7. The quantitative estimate of drug-likeness (QED) is 0.404. The van der Waals surface area contributed by atoms with Gasteiger partial charge in [0, 0.05) is 18.8 Å². The predicted molar refractivity (Wildman–Crippen MR) is 23.8 cm³/mol. The highest BCUT2D eigenvalue weighted by Crippen LogP contribution is 1.81. The molecule has 0 aliphatic carbocycles. The number of hydrogen-bond donors (Lipinski definition) is 1. The lowest BCUT2D eigenvalue weighted by Gasteiger charge is -2.04. The molecular weight excluding hydrogens is 103 g/mol. The van der Waals surface area contributed by atoms with E-state index in [4.69, 9.17) is 11.8 Å². The third kappa shape index (κ3) is 2.41. The second-order valence-corrected chi connectivity index (χ2v) is 0.958. The van der Waals surface area contributed by atoms with Crippen molar-refractivity contribution in [3.05, 3.63) is 0 Å². The number of halogens is 1. The molecule has 0 rings (SSSR count). The van der Waals surface area contributed by atoms with E-state index in [0.717, 1.165) is 4.69 Å². The Morgan fingerprint density at radius 1 is 1.83 bits per heavy atom. The molecule has 3 nitrogen and oxygen atoms in total. The smallest absolute Gasteiger partial charge is 0.0606 e. The van der Waals surface area contributed by atoms with Crippen LogP contribution in [-0.2, 0) is 4.84 Å². The van der Waals surface area contributed by atoms with Gasteiger partial charge in [-0.2, -0.15) is 0 Å². The van der Waals surface area contributed by atoms with E-state index in [1.165, 1.54) is 7.11 Å². The van der Waals surface area contributed by atoms with Gasteiger partial charge in [-0.05, 0) is 4.69 Å². The standard InChI is InChI=1S/C2H7ClN2O/c1-4-5(3)6-2/h4H,1-2H3. The SMILES string of the molecule is CNN(Cl)OC. The molecule has 6 heavy (non-hydrogen) atoms. The van der Waals surface area contributed by atoms with Crippen molar-refractivity contribution >= 4 is 11.8 Å². The molecule has 4 heteroatoms. The van der Waals surface area contributed by atoms with Gasteiger partial charge in [-0.25, -0.2) is 5.43 Å². The summed E-state index contributed by atoms with van der Waals surface area (Å²) in [5.74, 6) is 0. The predicted octanol–water partition coefficient (Wildman–Crippen LogP) is 0.138. The number of hydrogen-bond acceptors (Lipinski definition) is 3. The molecule has 0 aromatic rings. The Morgan fingerprint density at radius 2 is 2.33 bits per heavy atom. The van der Waals surface area contributed by atoms with Crippen LogP contribution < -0.4 is 5.43 Å². The van der Waals surface area contributed by atoms with Gasteiger partial charge < -0.3 is 0 Å². The van der Waals surface area contributed by atoms with Gasteiger partial charge in [0.2, 0.25) is 0 Å². The van der Waals surface area contributed by atoms with Crippen LogP contribution in [0.3, 0.4) is 0 Å². The minimum Gasteiger partial charge on any atom is -0.273 e. The molecule has 0 amide bonds. The Balaban J connectivity index is 2.75. The molecule has 0 radical (unpaired) electrons. The maximum atomic E-state index is 5.15. The molecule has 0 bridgehead atoms. The highest BCUT2D eigenvalue weighted by Gasteiger charge is 1.84. The zero-order valence-electron chi connectivity index (χ0n) is 3.73. The van der Waals surface area contributed by atoms with Crippen molar-refractivity contribution in [1.29, 1.82) is 0 Å². The Labute approximate surface area is 41.9 Å². The van der Waals surface area contributed by atoms with Crippen LogP contribution in [0.1, 0.15) is 0 Å². The average Bonchev–Trinajstić information content (AvgIpc) is 1.65. The summed E-state index contributed by atoms with van der Waals surface area (Å²) in [5.41, 5.74) is 2.49. The van der Waals surface area contributed by atoms with Gasteiger partial charge in [-0.3, -0.25) is 4.84 Å². The Morgan fingerprint density at radius 3 is 2.33 bits per heavy atom. The molecule has 0 fully saturated rings. The molecule has 0 unspecified atom stereocenters. The molecule has 0 aromatic heterocycles. The summed E-state index contributed by atoms with van der Waals surface area (Å²) < 4.78 is 0.972. The maximum absolute atomic E-state index is 5.15. The molecule has 0 aliphatic heterocycles. The topological polar surface area (TPSA) is 24.5 Å². The van der Waals surface area contributed by atoms with Crippen molar-refractivity contribution in [3.63, 3.8) is 0 Å². The van der Waals surface area contributed by atoms with Crippen LogP contribution in [-0.4, -0.2) is 18.8 Å². The molecule has 0 aromatic carbocycles. The number of rotatable bonds is 2. The third-order valence-electron chi connectivity index (χ3n) is 0.336. The van der Waals surface area contributed by atoms with Crippen molar-refractivity contribution < 1.29 is 4.84 Å². The summed E-state index contributed by atoms with van der Waals surface area (Å²) in [4.78, 5) is 4.39. The van der Waals surface area contributed by atoms with Crippen molar-refractivity contribution in [3.8, 4) is 0 Å². The van der Waals surface area contributed by atoms with Crippen molar-refractivity contribution in [2.24, 2.45) is 0 Å². The van der Waals surface area contributed by atoms with E-state index in [1.807, 2.05) is 0 Å². The van der Waals surface area contributed by atoms with Crippen LogP contribution in [0.2, 0.25) is 0 Å².